The van der Waals surface area contributed by atoms with E-state index in [1.165, 1.54) is 9.87 Å². The number of nitrogens with zero attached hydrogens (tertiary/aromatic N) is 1. The van der Waals surface area contributed by atoms with Crippen molar-refractivity contribution < 1.29 is 13.2 Å². The van der Waals surface area contributed by atoms with Gasteiger partial charge in [-0.3, -0.25) is 9.10 Å². The monoisotopic (exact) mass is 470 g/mol. The first-order chi connectivity index (χ1) is 15.3. The minimum Gasteiger partial charge on any atom is -0.322 e. The second-order valence-electron chi connectivity index (χ2n) is 7.66. The number of hydrogen-bond acceptors (Lipinski definition) is 3. The molecular weight excluding hydrogens is 444 g/mol. The average molecular weight is 471 g/mol. The number of hydrogen-bond donors (Lipinski definition) is 1. The molecule has 0 radical (unpaired) electrons. The summed E-state index contributed by atoms with van der Waals surface area (Å²) in [5.41, 5.74) is 3.56. The molecule has 0 bridgehead atoms. The number of nitrogens with one attached hydrogen (secondary N) is 1. The van der Waals surface area contributed by atoms with Gasteiger partial charge in [-0.15, -0.1) is 0 Å². The molecule has 0 saturated carbocycles. The maximum Gasteiger partial charge on any atom is 0.255 e. The number of halogens is 1. The van der Waals surface area contributed by atoms with Gasteiger partial charge in [0.1, 0.15) is 0 Å². The summed E-state index contributed by atoms with van der Waals surface area (Å²) in [7, 11) is -3.55. The van der Waals surface area contributed by atoms with Crippen LogP contribution in [0.3, 0.4) is 0 Å². The lowest BCUT2D eigenvalue weighted by molar-refractivity contribution is 0.102. The molecule has 0 fully saturated rings. The van der Waals surface area contributed by atoms with Crippen LogP contribution in [0, 0.1) is 0 Å². The van der Waals surface area contributed by atoms with E-state index in [2.05, 4.69) is 12.2 Å². The summed E-state index contributed by atoms with van der Waals surface area (Å²) in [6.45, 7) is 2.26. The summed E-state index contributed by atoms with van der Waals surface area (Å²) in [5, 5.41) is 3.38. The van der Waals surface area contributed by atoms with Crippen LogP contribution in [-0.2, 0) is 23.0 Å². The van der Waals surface area contributed by atoms with Crippen LogP contribution in [0.1, 0.15) is 41.3 Å². The van der Waals surface area contributed by atoms with Crippen LogP contribution >= 0.6 is 11.6 Å². The zero-order valence-electron chi connectivity index (χ0n) is 18.2. The number of aryl methyl sites for hydroxylation is 1. The van der Waals surface area contributed by atoms with Crippen LogP contribution in [0.4, 0.5) is 11.4 Å². The largest absolute Gasteiger partial charge is 0.322 e. The van der Waals surface area contributed by atoms with Crippen molar-refractivity contribution in [3.63, 3.8) is 0 Å². The van der Waals surface area contributed by atoms with E-state index in [4.69, 9.17) is 11.6 Å². The van der Waals surface area contributed by atoms with Crippen LogP contribution in [0.15, 0.2) is 72.8 Å². The standard InChI is InChI=1S/C25H27ClN2O3S/c1-3-4-7-19-10-14-22(15-11-19)27-25(29)20-12-16-23(17-13-20)28(32(2,30)31)18-21-8-5-6-9-24(21)26/h5-6,8-17H,3-4,7,18H2,1-2H3,(H,27,29). The summed E-state index contributed by atoms with van der Waals surface area (Å²) in [6.07, 6.45) is 4.45. The lowest BCUT2D eigenvalue weighted by atomic mass is 10.1. The smallest absolute Gasteiger partial charge is 0.255 e. The Labute approximate surface area is 195 Å². The molecule has 3 rings (SSSR count). The summed E-state index contributed by atoms with van der Waals surface area (Å²) in [6, 6.07) is 21.4. The van der Waals surface area contributed by atoms with Crippen molar-refractivity contribution in [1.29, 1.82) is 0 Å². The number of amides is 1. The SMILES string of the molecule is CCCCc1ccc(NC(=O)c2ccc(N(Cc3ccccc3Cl)S(C)(=O)=O)cc2)cc1. The fourth-order valence-electron chi connectivity index (χ4n) is 3.30. The van der Waals surface area contributed by atoms with Gasteiger partial charge in [0.25, 0.3) is 5.91 Å². The van der Waals surface area contributed by atoms with Crippen molar-refractivity contribution in [3.8, 4) is 0 Å². The molecule has 7 heteroatoms. The van der Waals surface area contributed by atoms with Gasteiger partial charge in [-0.05, 0) is 66.4 Å². The zero-order valence-corrected chi connectivity index (χ0v) is 19.8. The van der Waals surface area contributed by atoms with Gasteiger partial charge in [-0.2, -0.15) is 0 Å². The number of carbonyl (C=O) groups excluding carboxylic acids is 1. The average Bonchev–Trinajstić information content (AvgIpc) is 2.77. The molecule has 168 valence electrons. The van der Waals surface area contributed by atoms with Crippen molar-refractivity contribution in [2.75, 3.05) is 15.9 Å². The molecule has 32 heavy (non-hydrogen) atoms. The number of rotatable bonds is 9. The molecule has 0 atom stereocenters. The van der Waals surface area contributed by atoms with Crippen LogP contribution < -0.4 is 9.62 Å². The minimum absolute atomic E-state index is 0.106. The van der Waals surface area contributed by atoms with Gasteiger partial charge in [-0.1, -0.05) is 55.3 Å². The Morgan fingerprint density at radius 1 is 0.969 bits per heavy atom. The molecular formula is C25H27ClN2O3S. The van der Waals surface area contributed by atoms with Gasteiger partial charge in [0.05, 0.1) is 18.5 Å². The van der Waals surface area contributed by atoms with Gasteiger partial charge in [-0.25, -0.2) is 8.42 Å². The summed E-state index contributed by atoms with van der Waals surface area (Å²) >= 11 is 6.21. The Bertz CT molecular complexity index is 1160. The second-order valence-corrected chi connectivity index (χ2v) is 9.98. The summed E-state index contributed by atoms with van der Waals surface area (Å²) < 4.78 is 26.1. The van der Waals surface area contributed by atoms with E-state index in [-0.39, 0.29) is 12.5 Å². The molecule has 3 aromatic carbocycles. The molecule has 3 aromatic rings. The van der Waals surface area contributed by atoms with Crippen LogP contribution in [0.25, 0.3) is 0 Å². The Hall–Kier alpha value is -2.83. The molecule has 0 heterocycles. The highest BCUT2D eigenvalue weighted by Crippen LogP contribution is 2.25. The first-order valence-corrected chi connectivity index (χ1v) is 12.7. The molecule has 1 amide bonds. The van der Waals surface area contributed by atoms with E-state index >= 15 is 0 Å². The predicted octanol–water partition coefficient (Wildman–Crippen LogP) is 5.90. The number of sulfonamides is 1. The van der Waals surface area contributed by atoms with Crippen molar-refractivity contribution in [3.05, 3.63) is 94.5 Å². The fraction of sp³-hybridized carbons (Fsp3) is 0.240. The van der Waals surface area contributed by atoms with E-state index in [0.717, 1.165) is 31.2 Å². The first kappa shape index (κ1) is 23.8. The molecule has 0 aromatic heterocycles. The summed E-state index contributed by atoms with van der Waals surface area (Å²) in [4.78, 5) is 12.6. The maximum atomic E-state index is 12.6. The van der Waals surface area contributed by atoms with Crippen molar-refractivity contribution >= 4 is 38.9 Å². The summed E-state index contributed by atoms with van der Waals surface area (Å²) in [5.74, 6) is -0.255. The van der Waals surface area contributed by atoms with Gasteiger partial charge in [0.15, 0.2) is 0 Å². The van der Waals surface area contributed by atoms with E-state index in [1.54, 1.807) is 42.5 Å². The number of unbranched alkanes of at least 4 members (excludes halogenated alkanes) is 1. The van der Waals surface area contributed by atoms with E-state index in [9.17, 15) is 13.2 Å². The number of anilines is 2. The van der Waals surface area contributed by atoms with Gasteiger partial charge in [0, 0.05) is 16.3 Å². The van der Waals surface area contributed by atoms with E-state index in [1.807, 2.05) is 30.3 Å². The van der Waals surface area contributed by atoms with Crippen LogP contribution in [-0.4, -0.2) is 20.6 Å². The molecule has 0 aliphatic carbocycles. The number of benzene rings is 3. The normalized spacial score (nSPS) is 11.2. The van der Waals surface area contributed by atoms with Crippen LogP contribution in [0.5, 0.6) is 0 Å². The molecule has 5 nitrogen and oxygen atoms in total. The Morgan fingerprint density at radius 2 is 1.62 bits per heavy atom. The lowest BCUT2D eigenvalue weighted by Gasteiger charge is -2.23. The van der Waals surface area contributed by atoms with Crippen molar-refractivity contribution in [1.82, 2.24) is 0 Å². The van der Waals surface area contributed by atoms with Gasteiger partial charge >= 0.3 is 0 Å². The lowest BCUT2D eigenvalue weighted by Crippen LogP contribution is -2.29. The third-order valence-electron chi connectivity index (χ3n) is 5.12. The Morgan fingerprint density at radius 3 is 2.22 bits per heavy atom. The Balaban J connectivity index is 1.73. The minimum atomic E-state index is -3.55. The Kier molecular flexibility index (Phi) is 7.94. The van der Waals surface area contributed by atoms with Gasteiger partial charge in [0.2, 0.25) is 10.0 Å². The molecule has 0 saturated heterocycles. The predicted molar refractivity (Wildman–Crippen MR) is 132 cm³/mol. The molecule has 0 aliphatic rings. The fourth-order valence-corrected chi connectivity index (χ4v) is 4.37. The van der Waals surface area contributed by atoms with Gasteiger partial charge < -0.3 is 5.32 Å². The second kappa shape index (κ2) is 10.7. The third-order valence-corrected chi connectivity index (χ3v) is 6.63. The molecule has 0 aliphatic heterocycles. The maximum absolute atomic E-state index is 12.6. The first-order valence-electron chi connectivity index (χ1n) is 10.5. The quantitative estimate of drug-likeness (QED) is 0.423. The van der Waals surface area contributed by atoms with E-state index in [0.29, 0.717) is 21.8 Å². The highest BCUT2D eigenvalue weighted by atomic mass is 35.5. The highest BCUT2D eigenvalue weighted by molar-refractivity contribution is 7.92. The van der Waals surface area contributed by atoms with E-state index < -0.39 is 10.0 Å². The molecule has 0 unspecified atom stereocenters. The molecule has 1 N–H and O–H groups in total. The highest BCUT2D eigenvalue weighted by Gasteiger charge is 2.19. The van der Waals surface area contributed by atoms with Crippen molar-refractivity contribution in [2.24, 2.45) is 0 Å². The zero-order chi connectivity index (χ0) is 23.1. The third kappa shape index (κ3) is 6.34. The number of carbonyl (C=O) groups is 1. The van der Waals surface area contributed by atoms with Crippen molar-refractivity contribution in [2.45, 2.75) is 32.7 Å². The topological polar surface area (TPSA) is 66.5 Å². The molecule has 0 spiro atoms. The van der Waals surface area contributed by atoms with Crippen LogP contribution in [0.2, 0.25) is 5.02 Å².